The van der Waals surface area contributed by atoms with Gasteiger partial charge in [-0.15, -0.1) is 5.10 Å². The number of carboxylic acids is 1. The molecule has 214 valence electrons. The van der Waals surface area contributed by atoms with E-state index in [1.54, 1.807) is 16.9 Å². The largest absolute Gasteiger partial charge is 0.479 e. The number of aliphatic carboxylic acids is 1. The van der Waals surface area contributed by atoms with Crippen molar-refractivity contribution in [2.75, 3.05) is 0 Å². The third-order valence-corrected chi connectivity index (χ3v) is 6.83. The molecule has 1 amide bonds. The summed E-state index contributed by atoms with van der Waals surface area (Å²) < 4.78 is 1.73. The molecule has 5 rings (SSSR count). The summed E-state index contributed by atoms with van der Waals surface area (Å²) in [5, 5.41) is 41.1. The second kappa shape index (κ2) is 13.0. The van der Waals surface area contributed by atoms with Gasteiger partial charge in [0.05, 0.1) is 18.3 Å². The lowest BCUT2D eigenvalue weighted by Gasteiger charge is -2.21. The number of carboxylic acid groups (broad SMARTS) is 1. The number of aromatic amines is 1. The molecule has 0 unspecified atom stereocenters. The first kappa shape index (κ1) is 28.3. The number of hydrogen-bond acceptors (Lipinski definition) is 8. The highest BCUT2D eigenvalue weighted by Crippen LogP contribution is 2.29. The van der Waals surface area contributed by atoms with E-state index in [-0.39, 0.29) is 12.1 Å². The van der Waals surface area contributed by atoms with Gasteiger partial charge < -0.3 is 15.5 Å². The monoisotopic (exact) mass is 566 g/mol. The van der Waals surface area contributed by atoms with Crippen LogP contribution in [0.15, 0.2) is 79.0 Å². The summed E-state index contributed by atoms with van der Waals surface area (Å²) in [4.78, 5) is 29.4. The number of aromatic nitrogens is 7. The number of carbonyl (C=O) groups is 2. The lowest BCUT2D eigenvalue weighted by molar-refractivity contribution is -0.148. The number of nitrogens with one attached hydrogen (secondary N) is 2. The van der Waals surface area contributed by atoms with Crippen LogP contribution in [-0.4, -0.2) is 69.6 Å². The van der Waals surface area contributed by atoms with Crippen LogP contribution in [-0.2, 0) is 24.2 Å². The number of rotatable bonds is 12. The zero-order valence-corrected chi connectivity index (χ0v) is 22.9. The molecule has 0 saturated heterocycles. The standard InChI is InChI=1S/C30H30N8O4/c1-2-8-22-16-26(29(40)32-25(27(39)30(41)42)15-19-9-4-3-5-10-19)35-38(22)18-21-14-13-20(17-31-21)23-11-6-7-12-24(23)28-33-36-37-34-28/h3-7,9-14,16-17,25,27,39H,2,8,15,18H2,1H3,(H,32,40)(H,41,42)(H,33,34,36,37)/t25-,27-/m1/s1. The van der Waals surface area contributed by atoms with Crippen LogP contribution in [0, 0.1) is 0 Å². The third-order valence-electron chi connectivity index (χ3n) is 6.83. The van der Waals surface area contributed by atoms with E-state index >= 15 is 0 Å². The van der Waals surface area contributed by atoms with E-state index in [4.69, 9.17) is 0 Å². The second-order valence-corrected chi connectivity index (χ2v) is 9.81. The van der Waals surface area contributed by atoms with Crippen molar-refractivity contribution in [1.29, 1.82) is 0 Å². The van der Waals surface area contributed by atoms with E-state index < -0.39 is 24.0 Å². The molecule has 42 heavy (non-hydrogen) atoms. The van der Waals surface area contributed by atoms with Crippen LogP contribution in [0.3, 0.4) is 0 Å². The molecule has 3 heterocycles. The fraction of sp³-hybridized carbons (Fsp3) is 0.233. The fourth-order valence-electron chi connectivity index (χ4n) is 4.73. The molecule has 0 saturated carbocycles. The van der Waals surface area contributed by atoms with Gasteiger partial charge in [0.25, 0.3) is 5.91 Å². The molecule has 12 nitrogen and oxygen atoms in total. The summed E-state index contributed by atoms with van der Waals surface area (Å²) in [6.45, 7) is 2.37. The highest BCUT2D eigenvalue weighted by Gasteiger charge is 2.29. The lowest BCUT2D eigenvalue weighted by Crippen LogP contribution is -2.48. The first-order valence-electron chi connectivity index (χ1n) is 13.5. The van der Waals surface area contributed by atoms with Crippen LogP contribution >= 0.6 is 0 Å². The van der Waals surface area contributed by atoms with Crippen LogP contribution in [0.4, 0.5) is 0 Å². The van der Waals surface area contributed by atoms with Crippen LogP contribution in [0.1, 0.15) is 40.8 Å². The highest BCUT2D eigenvalue weighted by molar-refractivity contribution is 5.93. The molecule has 0 spiro atoms. The Morgan fingerprint density at radius 1 is 1.02 bits per heavy atom. The van der Waals surface area contributed by atoms with Gasteiger partial charge in [-0.3, -0.25) is 14.5 Å². The fourth-order valence-corrected chi connectivity index (χ4v) is 4.73. The summed E-state index contributed by atoms with van der Waals surface area (Å²) in [6, 6.07) is 21.4. The van der Waals surface area contributed by atoms with Gasteiger partial charge in [-0.2, -0.15) is 5.10 Å². The van der Waals surface area contributed by atoms with E-state index in [1.165, 1.54) is 0 Å². The number of tetrazole rings is 1. The zero-order valence-electron chi connectivity index (χ0n) is 22.9. The Kier molecular flexibility index (Phi) is 8.73. The van der Waals surface area contributed by atoms with Crippen molar-refractivity contribution in [3.63, 3.8) is 0 Å². The predicted octanol–water partition coefficient (Wildman–Crippen LogP) is 2.91. The molecule has 0 aliphatic heterocycles. The summed E-state index contributed by atoms with van der Waals surface area (Å²) in [5.74, 6) is -1.42. The van der Waals surface area contributed by atoms with Crippen molar-refractivity contribution >= 4 is 11.9 Å². The maximum Gasteiger partial charge on any atom is 0.334 e. The zero-order chi connectivity index (χ0) is 29.5. The third kappa shape index (κ3) is 6.56. The highest BCUT2D eigenvalue weighted by atomic mass is 16.4. The maximum absolute atomic E-state index is 13.2. The van der Waals surface area contributed by atoms with E-state index in [0.717, 1.165) is 40.1 Å². The Balaban J connectivity index is 1.34. The van der Waals surface area contributed by atoms with Crippen molar-refractivity contribution in [1.82, 2.24) is 40.7 Å². The topological polar surface area (TPSA) is 172 Å². The van der Waals surface area contributed by atoms with Crippen molar-refractivity contribution in [2.45, 2.75) is 44.9 Å². The van der Waals surface area contributed by atoms with Crippen molar-refractivity contribution in [3.05, 3.63) is 102 Å². The number of aliphatic hydroxyl groups excluding tert-OH is 1. The summed E-state index contributed by atoms with van der Waals surface area (Å²) in [6.07, 6.45) is 1.66. The molecule has 0 radical (unpaired) electrons. The molecule has 0 aliphatic rings. The Morgan fingerprint density at radius 3 is 2.45 bits per heavy atom. The second-order valence-electron chi connectivity index (χ2n) is 9.81. The van der Waals surface area contributed by atoms with Gasteiger partial charge in [0.15, 0.2) is 11.9 Å². The summed E-state index contributed by atoms with van der Waals surface area (Å²) >= 11 is 0. The Labute approximate surface area is 241 Å². The van der Waals surface area contributed by atoms with E-state index in [0.29, 0.717) is 18.8 Å². The number of pyridine rings is 1. The number of H-pyrrole nitrogens is 1. The first-order chi connectivity index (χ1) is 20.4. The molecule has 2 aromatic carbocycles. The number of aliphatic hydroxyl groups is 1. The van der Waals surface area contributed by atoms with Gasteiger partial charge in [0.2, 0.25) is 0 Å². The minimum Gasteiger partial charge on any atom is -0.479 e. The van der Waals surface area contributed by atoms with Gasteiger partial charge in [-0.1, -0.05) is 74.0 Å². The Bertz CT molecular complexity index is 1640. The molecule has 4 N–H and O–H groups in total. The number of aryl methyl sites for hydroxylation is 1. The van der Waals surface area contributed by atoms with Crippen molar-refractivity contribution < 1.29 is 19.8 Å². The lowest BCUT2D eigenvalue weighted by atomic mass is 10.0. The minimum absolute atomic E-state index is 0.139. The minimum atomic E-state index is -1.78. The first-order valence-corrected chi connectivity index (χ1v) is 13.5. The molecule has 0 fully saturated rings. The molecular weight excluding hydrogens is 536 g/mol. The van der Waals surface area contributed by atoms with E-state index in [1.807, 2.05) is 73.7 Å². The molecule has 0 bridgehead atoms. The number of carbonyl (C=O) groups excluding carboxylic acids is 1. The van der Waals surface area contributed by atoms with Gasteiger partial charge >= 0.3 is 5.97 Å². The average molecular weight is 567 g/mol. The number of amides is 1. The van der Waals surface area contributed by atoms with Crippen LogP contribution in [0.5, 0.6) is 0 Å². The number of hydrogen-bond donors (Lipinski definition) is 4. The molecule has 12 heteroatoms. The number of benzene rings is 2. The summed E-state index contributed by atoms with van der Waals surface area (Å²) in [5.41, 5.74) is 5.18. The predicted molar refractivity (Wildman–Crippen MR) is 153 cm³/mol. The Morgan fingerprint density at radius 2 is 1.79 bits per heavy atom. The molecule has 3 aromatic heterocycles. The molecule has 2 atom stereocenters. The Hall–Kier alpha value is -5.23. The van der Waals surface area contributed by atoms with Crippen LogP contribution in [0.2, 0.25) is 0 Å². The number of nitrogens with zero attached hydrogens (tertiary/aromatic N) is 6. The van der Waals surface area contributed by atoms with Gasteiger partial charge in [0, 0.05) is 23.0 Å². The average Bonchev–Trinajstić information content (AvgIpc) is 3.68. The van der Waals surface area contributed by atoms with Crippen LogP contribution in [0.25, 0.3) is 22.5 Å². The summed E-state index contributed by atoms with van der Waals surface area (Å²) in [7, 11) is 0. The van der Waals surface area contributed by atoms with E-state index in [9.17, 15) is 19.8 Å². The van der Waals surface area contributed by atoms with E-state index in [2.05, 4.69) is 36.0 Å². The maximum atomic E-state index is 13.2. The quantitative estimate of drug-likeness (QED) is 0.177. The molecule has 0 aliphatic carbocycles. The molecular formula is C30H30N8O4. The smallest absolute Gasteiger partial charge is 0.334 e. The SMILES string of the molecule is CCCc1cc(C(=O)N[C@H](Cc2ccccc2)[C@@H](O)C(=O)O)nn1Cc1ccc(-c2ccccc2-c2nnn[nH]2)cn1. The van der Waals surface area contributed by atoms with Gasteiger partial charge in [0.1, 0.15) is 5.69 Å². The normalized spacial score (nSPS) is 12.5. The van der Waals surface area contributed by atoms with Gasteiger partial charge in [-0.05, 0) is 46.5 Å². The van der Waals surface area contributed by atoms with Crippen molar-refractivity contribution in [3.8, 4) is 22.5 Å². The molecule has 5 aromatic rings. The van der Waals surface area contributed by atoms with Crippen LogP contribution < -0.4 is 5.32 Å². The van der Waals surface area contributed by atoms with Gasteiger partial charge in [-0.25, -0.2) is 9.89 Å². The van der Waals surface area contributed by atoms with Crippen molar-refractivity contribution in [2.24, 2.45) is 0 Å².